The molecule has 0 aromatic rings. The molecule has 0 aliphatic rings. The van der Waals surface area contributed by atoms with Gasteiger partial charge in [-0.15, -0.1) is 12.6 Å². The molecule has 0 saturated carbocycles. The normalized spacial score (nSPS) is 8.14. The van der Waals surface area contributed by atoms with Gasteiger partial charge >= 0.3 is 0 Å². The Balaban J connectivity index is 3.32. The smallest absolute Gasteiger partial charge is 0.193 e. The predicted molar refractivity (Wildman–Crippen MR) is 30.5 cm³/mol. The molecule has 3 N–H and O–H groups in total. The molecule has 0 aliphatic heterocycles. The molecule has 0 aliphatic carbocycles. The number of hydrogen-bond donors (Lipinski definition) is 3. The highest BCUT2D eigenvalue weighted by molar-refractivity contribution is 7.96. The average molecular weight is 118 g/mol. The lowest BCUT2D eigenvalue weighted by atomic mass is 10.4. The predicted octanol–water partition coefficient (Wildman–Crippen LogP) is -0.231. The van der Waals surface area contributed by atoms with Crippen molar-refractivity contribution in [1.82, 2.24) is 0 Å². The van der Waals surface area contributed by atoms with E-state index in [1.807, 2.05) is 0 Å². The number of nitrogens with one attached hydrogen (secondary N) is 1. The van der Waals surface area contributed by atoms with Crippen LogP contribution in [-0.4, -0.2) is 11.0 Å². The van der Waals surface area contributed by atoms with Crippen molar-refractivity contribution in [2.75, 3.05) is 0 Å². The third-order valence-corrected chi connectivity index (χ3v) is 0.500. The fourth-order valence-electron chi connectivity index (χ4n) is 0.163. The van der Waals surface area contributed by atoms with Gasteiger partial charge in [0.15, 0.2) is 5.12 Å². The van der Waals surface area contributed by atoms with Crippen molar-refractivity contribution in [2.45, 2.75) is 6.42 Å². The van der Waals surface area contributed by atoms with Gasteiger partial charge in [0.2, 0.25) is 0 Å². The summed E-state index contributed by atoms with van der Waals surface area (Å²) in [6.07, 6.45) is -0.0525. The first kappa shape index (κ1) is 6.49. The molecule has 0 saturated heterocycles. The lowest BCUT2D eigenvalue weighted by Crippen LogP contribution is -2.11. The van der Waals surface area contributed by atoms with Crippen LogP contribution in [0.2, 0.25) is 0 Å². The third-order valence-electron chi connectivity index (χ3n) is 0.342. The fraction of sp³-hybridized carbons (Fsp3) is 0.333. The summed E-state index contributed by atoms with van der Waals surface area (Å²) in [6.45, 7) is 0. The van der Waals surface area contributed by atoms with E-state index in [2.05, 4.69) is 12.6 Å². The molecular weight excluding hydrogens is 112 g/mol. The number of nitrogens with two attached hydrogens (primary N) is 1. The lowest BCUT2D eigenvalue weighted by Gasteiger charge is -1.85. The van der Waals surface area contributed by atoms with Gasteiger partial charge in [0.05, 0.1) is 12.3 Å². The summed E-state index contributed by atoms with van der Waals surface area (Å²) in [5.41, 5.74) is 4.81. The SMILES string of the molecule is N=C(N)CC(=O)S. The van der Waals surface area contributed by atoms with Crippen LogP contribution in [0, 0.1) is 5.41 Å². The average Bonchev–Trinajstić information content (AvgIpc) is 1.27. The van der Waals surface area contributed by atoms with E-state index in [1.165, 1.54) is 0 Å². The summed E-state index contributed by atoms with van der Waals surface area (Å²) in [7, 11) is 0. The molecule has 3 nitrogen and oxygen atoms in total. The second-order valence-corrected chi connectivity index (χ2v) is 1.59. The molecule has 0 rings (SSSR count). The number of rotatable bonds is 2. The van der Waals surface area contributed by atoms with Crippen molar-refractivity contribution >= 4 is 23.6 Å². The van der Waals surface area contributed by atoms with Gasteiger partial charge in [-0.25, -0.2) is 0 Å². The summed E-state index contributed by atoms with van der Waals surface area (Å²) in [4.78, 5) is 9.90. The first-order valence-corrected chi connectivity index (χ1v) is 2.12. The van der Waals surface area contributed by atoms with E-state index >= 15 is 0 Å². The Morgan fingerprint density at radius 1 is 1.86 bits per heavy atom. The quantitative estimate of drug-likeness (QED) is 0.266. The highest BCUT2D eigenvalue weighted by Gasteiger charge is 1.93. The standard InChI is InChI=1S/C3H6N2OS/c4-2(5)1-3(6)7/h1H2,(H3,4,5)(H,6,7). The van der Waals surface area contributed by atoms with Gasteiger partial charge in [-0.05, 0) is 0 Å². The van der Waals surface area contributed by atoms with Crippen LogP contribution in [0.5, 0.6) is 0 Å². The molecule has 0 bridgehead atoms. The van der Waals surface area contributed by atoms with Crippen LogP contribution in [0.25, 0.3) is 0 Å². The lowest BCUT2D eigenvalue weighted by molar-refractivity contribution is -0.109. The molecule has 4 heteroatoms. The third kappa shape index (κ3) is 5.49. The molecule has 0 unspecified atom stereocenters. The van der Waals surface area contributed by atoms with Crippen LogP contribution < -0.4 is 5.73 Å². The molecule has 0 amide bonds. The summed E-state index contributed by atoms with van der Waals surface area (Å²) in [5.74, 6) is -0.139. The first-order chi connectivity index (χ1) is 3.13. The zero-order chi connectivity index (χ0) is 5.86. The second-order valence-electron chi connectivity index (χ2n) is 1.10. The van der Waals surface area contributed by atoms with E-state index in [1.54, 1.807) is 0 Å². The largest absolute Gasteiger partial charge is 0.387 e. The van der Waals surface area contributed by atoms with Crippen LogP contribution >= 0.6 is 12.6 Å². The molecule has 0 atom stereocenters. The van der Waals surface area contributed by atoms with Crippen LogP contribution in [0.15, 0.2) is 0 Å². The summed E-state index contributed by atoms with van der Waals surface area (Å²) < 4.78 is 0. The minimum atomic E-state index is -0.368. The molecule has 0 fully saturated rings. The minimum absolute atomic E-state index is 0.0525. The van der Waals surface area contributed by atoms with Gasteiger partial charge < -0.3 is 5.73 Å². The van der Waals surface area contributed by atoms with Crippen LogP contribution in [0.4, 0.5) is 0 Å². The molecule has 0 spiro atoms. The van der Waals surface area contributed by atoms with Crippen LogP contribution in [0.1, 0.15) is 6.42 Å². The van der Waals surface area contributed by atoms with E-state index in [0.717, 1.165) is 0 Å². The molecule has 0 radical (unpaired) electrons. The molecule has 0 aromatic heterocycles. The summed E-state index contributed by atoms with van der Waals surface area (Å²) in [6, 6.07) is 0. The fourth-order valence-corrected chi connectivity index (χ4v) is 0.333. The van der Waals surface area contributed by atoms with Crippen molar-refractivity contribution < 1.29 is 4.79 Å². The summed E-state index contributed by atoms with van der Waals surface area (Å²) in [5, 5.41) is 6.16. The van der Waals surface area contributed by atoms with Crippen molar-refractivity contribution in [1.29, 1.82) is 5.41 Å². The second kappa shape index (κ2) is 2.63. The van der Waals surface area contributed by atoms with E-state index in [4.69, 9.17) is 11.1 Å². The number of carbonyl (C=O) groups is 1. The van der Waals surface area contributed by atoms with E-state index in [9.17, 15) is 4.79 Å². The van der Waals surface area contributed by atoms with Gasteiger partial charge in [-0.1, -0.05) is 0 Å². The van der Waals surface area contributed by atoms with Gasteiger partial charge in [0.25, 0.3) is 0 Å². The van der Waals surface area contributed by atoms with E-state index < -0.39 is 0 Å². The summed E-state index contributed by atoms with van der Waals surface area (Å²) >= 11 is 3.38. The Labute approximate surface area is 46.8 Å². The molecular formula is C3H6N2OS. The Kier molecular flexibility index (Phi) is 2.44. The molecule has 0 aromatic carbocycles. The maximum absolute atomic E-state index is 9.90. The van der Waals surface area contributed by atoms with E-state index in [0.29, 0.717) is 0 Å². The van der Waals surface area contributed by atoms with Crippen molar-refractivity contribution in [3.63, 3.8) is 0 Å². The van der Waals surface area contributed by atoms with Gasteiger partial charge in [0.1, 0.15) is 0 Å². The van der Waals surface area contributed by atoms with Crippen molar-refractivity contribution in [2.24, 2.45) is 5.73 Å². The van der Waals surface area contributed by atoms with E-state index in [-0.39, 0.29) is 17.4 Å². The maximum atomic E-state index is 9.90. The van der Waals surface area contributed by atoms with Gasteiger partial charge in [0, 0.05) is 0 Å². The Hall–Kier alpha value is -0.510. The zero-order valence-corrected chi connectivity index (χ0v) is 4.53. The maximum Gasteiger partial charge on any atom is 0.193 e. The van der Waals surface area contributed by atoms with Crippen LogP contribution in [0.3, 0.4) is 0 Å². The first-order valence-electron chi connectivity index (χ1n) is 1.67. The van der Waals surface area contributed by atoms with Crippen LogP contribution in [-0.2, 0) is 4.79 Å². The monoisotopic (exact) mass is 118 g/mol. The zero-order valence-electron chi connectivity index (χ0n) is 3.64. The topological polar surface area (TPSA) is 66.9 Å². The Bertz CT molecular complexity index is 89.1. The molecule has 7 heavy (non-hydrogen) atoms. The van der Waals surface area contributed by atoms with Crippen molar-refractivity contribution in [3.05, 3.63) is 0 Å². The highest BCUT2D eigenvalue weighted by atomic mass is 32.1. The van der Waals surface area contributed by atoms with Crippen molar-refractivity contribution in [3.8, 4) is 0 Å². The number of thiol groups is 1. The number of hydrogen-bond acceptors (Lipinski definition) is 2. The van der Waals surface area contributed by atoms with Gasteiger partial charge in [-0.2, -0.15) is 0 Å². The number of amidine groups is 1. The molecule has 40 valence electrons. The Morgan fingerprint density at radius 2 is 2.29 bits per heavy atom. The minimum Gasteiger partial charge on any atom is -0.387 e. The highest BCUT2D eigenvalue weighted by Crippen LogP contribution is 1.83. The van der Waals surface area contributed by atoms with Gasteiger partial charge in [-0.3, -0.25) is 10.2 Å². The Morgan fingerprint density at radius 3 is 2.29 bits per heavy atom. The molecule has 0 heterocycles. The number of carbonyl (C=O) groups excluding carboxylic acids is 1.